The number of carbonyl (C=O) groups is 1. The molecular weight excluding hydrogens is 936 g/mol. The first-order chi connectivity index (χ1) is 36.0. The van der Waals surface area contributed by atoms with Gasteiger partial charge in [0.05, 0.1) is 39.9 Å². The summed E-state index contributed by atoms with van der Waals surface area (Å²) < 4.78 is 23.3. The van der Waals surface area contributed by atoms with Crippen LogP contribution in [0, 0.1) is 0 Å². The van der Waals surface area contributed by atoms with E-state index in [9.17, 15) is 19.4 Å². The lowest BCUT2D eigenvalue weighted by molar-refractivity contribution is -0.870. The monoisotopic (exact) mass is 1040 g/mol. The molecule has 1 amide bonds. The molecule has 2 N–H and O–H groups in total. The van der Waals surface area contributed by atoms with Crippen molar-refractivity contribution in [1.29, 1.82) is 0 Å². The summed E-state index contributed by atoms with van der Waals surface area (Å²) in [5, 5.41) is 13.8. The van der Waals surface area contributed by atoms with Crippen molar-refractivity contribution in [1.82, 2.24) is 5.32 Å². The van der Waals surface area contributed by atoms with E-state index in [0.717, 1.165) is 141 Å². The molecule has 74 heavy (non-hydrogen) atoms. The summed E-state index contributed by atoms with van der Waals surface area (Å²) in [5.74, 6) is -0.234. The van der Waals surface area contributed by atoms with Crippen LogP contribution in [0.4, 0.5) is 0 Å². The lowest BCUT2D eigenvalue weighted by Crippen LogP contribution is -2.45. The van der Waals surface area contributed by atoms with E-state index in [1.165, 1.54) is 32.1 Å². The zero-order valence-electron chi connectivity index (χ0n) is 47.5. The summed E-state index contributed by atoms with van der Waals surface area (Å²) in [6.07, 6.45) is 84.6. The molecule has 9 heteroatoms. The first-order valence-electron chi connectivity index (χ1n) is 28.8. The highest BCUT2D eigenvalue weighted by Crippen LogP contribution is 2.38. The first kappa shape index (κ1) is 70.1. The molecule has 8 nitrogen and oxygen atoms in total. The van der Waals surface area contributed by atoms with Crippen LogP contribution >= 0.6 is 7.82 Å². The second-order valence-corrected chi connectivity index (χ2v) is 21.3. The summed E-state index contributed by atoms with van der Waals surface area (Å²) >= 11 is 0. The van der Waals surface area contributed by atoms with Crippen molar-refractivity contribution in [2.45, 2.75) is 206 Å². The Kier molecular flexibility index (Phi) is 51.1. The smallest absolute Gasteiger partial charge is 0.268 e. The Labute approximate surface area is 454 Å². The van der Waals surface area contributed by atoms with E-state index in [1.807, 2.05) is 27.2 Å². The van der Waals surface area contributed by atoms with Crippen molar-refractivity contribution in [2.24, 2.45) is 0 Å². The summed E-state index contributed by atoms with van der Waals surface area (Å²) in [5.41, 5.74) is 0. The molecule has 3 atom stereocenters. The fourth-order valence-corrected chi connectivity index (χ4v) is 7.93. The van der Waals surface area contributed by atoms with Crippen LogP contribution in [-0.4, -0.2) is 68.5 Å². The van der Waals surface area contributed by atoms with Crippen molar-refractivity contribution in [3.05, 3.63) is 158 Å². The van der Waals surface area contributed by atoms with Crippen LogP contribution in [0.25, 0.3) is 0 Å². The molecule has 0 spiro atoms. The maximum Gasteiger partial charge on any atom is 0.268 e. The van der Waals surface area contributed by atoms with Crippen LogP contribution < -0.4 is 10.2 Å². The van der Waals surface area contributed by atoms with Crippen LogP contribution in [0.5, 0.6) is 0 Å². The molecule has 0 aromatic carbocycles. The number of likely N-dealkylation sites (N-methyl/N-ethyl adjacent to an activating group) is 1. The SMILES string of the molecule is CC/C=C\C/C=C\C/C=C\C/C=C\C/C=C\C/C=C\C/C=C\C/C=C\C/C=C\C/C=C\CCCCCCCCC(=O)NC(COP(=O)([O-])OCC[N+](C)(C)C)C(O)/C=C/CC/C=C/CC/C=C/CCCCCCC. The number of unbranched alkanes of at least 4 members (excludes halogenated alkanes) is 13. The van der Waals surface area contributed by atoms with Gasteiger partial charge in [0.2, 0.25) is 5.91 Å². The number of aliphatic hydroxyl groups excluding tert-OH is 1. The van der Waals surface area contributed by atoms with Crippen molar-refractivity contribution in [3.63, 3.8) is 0 Å². The highest BCUT2D eigenvalue weighted by molar-refractivity contribution is 7.45. The number of rotatable bonds is 50. The minimum atomic E-state index is -4.62. The van der Waals surface area contributed by atoms with Crippen LogP contribution in [0.2, 0.25) is 0 Å². The Morgan fingerprint density at radius 3 is 1.26 bits per heavy atom. The molecule has 0 aromatic heterocycles. The summed E-state index contributed by atoms with van der Waals surface area (Å²) in [4.78, 5) is 25.5. The van der Waals surface area contributed by atoms with Gasteiger partial charge in [-0.05, 0) is 122 Å². The number of nitrogens with one attached hydrogen (secondary N) is 1. The predicted molar refractivity (Wildman–Crippen MR) is 320 cm³/mol. The van der Waals surface area contributed by atoms with E-state index < -0.39 is 26.6 Å². The number of aliphatic hydroxyl groups is 1. The van der Waals surface area contributed by atoms with Gasteiger partial charge in [0.25, 0.3) is 7.82 Å². The Balaban J connectivity index is 4.26. The number of quaternary nitrogens is 1. The second kappa shape index (κ2) is 53.9. The van der Waals surface area contributed by atoms with Gasteiger partial charge >= 0.3 is 0 Å². The van der Waals surface area contributed by atoms with Gasteiger partial charge in [-0.1, -0.05) is 223 Å². The molecule has 0 saturated heterocycles. The number of carbonyl (C=O) groups excluding carboxylic acids is 1. The van der Waals surface area contributed by atoms with E-state index in [1.54, 1.807) is 6.08 Å². The largest absolute Gasteiger partial charge is 0.756 e. The van der Waals surface area contributed by atoms with Gasteiger partial charge in [0, 0.05) is 6.42 Å². The Morgan fingerprint density at radius 2 is 0.838 bits per heavy atom. The zero-order valence-corrected chi connectivity index (χ0v) is 48.4. The average molecular weight is 1040 g/mol. The number of phosphoric ester groups is 1. The normalized spacial score (nSPS) is 15.1. The maximum absolute atomic E-state index is 12.9. The van der Waals surface area contributed by atoms with E-state index >= 15 is 0 Å². The maximum atomic E-state index is 12.9. The molecule has 0 aliphatic rings. The molecule has 3 unspecified atom stereocenters. The number of phosphoric acid groups is 1. The Bertz CT molecular complexity index is 1750. The van der Waals surface area contributed by atoms with Crippen LogP contribution in [0.1, 0.15) is 194 Å². The molecule has 0 aliphatic carbocycles. The lowest BCUT2D eigenvalue weighted by atomic mass is 10.1. The molecule has 0 aromatic rings. The molecule has 0 heterocycles. The fraction of sp³-hybridized carbons (Fsp3) is 0.585. The average Bonchev–Trinajstić information content (AvgIpc) is 3.36. The van der Waals surface area contributed by atoms with E-state index in [0.29, 0.717) is 17.4 Å². The fourth-order valence-electron chi connectivity index (χ4n) is 7.21. The van der Waals surface area contributed by atoms with Crippen LogP contribution in [0.3, 0.4) is 0 Å². The highest BCUT2D eigenvalue weighted by atomic mass is 31.2. The molecule has 0 bridgehead atoms. The van der Waals surface area contributed by atoms with Crippen molar-refractivity contribution in [2.75, 3.05) is 40.9 Å². The molecule has 0 saturated carbocycles. The minimum absolute atomic E-state index is 0.0210. The number of nitrogens with zero attached hydrogens (tertiary/aromatic N) is 1. The van der Waals surface area contributed by atoms with Gasteiger partial charge in [-0.15, -0.1) is 0 Å². The predicted octanol–water partition coefficient (Wildman–Crippen LogP) is 17.2. The van der Waals surface area contributed by atoms with Gasteiger partial charge in [-0.3, -0.25) is 9.36 Å². The lowest BCUT2D eigenvalue weighted by Gasteiger charge is -2.29. The van der Waals surface area contributed by atoms with E-state index in [4.69, 9.17) is 9.05 Å². The van der Waals surface area contributed by atoms with Gasteiger partial charge in [-0.2, -0.15) is 0 Å². The van der Waals surface area contributed by atoms with Gasteiger partial charge in [-0.25, -0.2) is 0 Å². The van der Waals surface area contributed by atoms with Crippen molar-refractivity contribution in [3.8, 4) is 0 Å². The van der Waals surface area contributed by atoms with Gasteiger partial charge < -0.3 is 28.8 Å². The van der Waals surface area contributed by atoms with Crippen LogP contribution in [-0.2, 0) is 18.4 Å². The Morgan fingerprint density at radius 1 is 0.486 bits per heavy atom. The van der Waals surface area contributed by atoms with Gasteiger partial charge in [0.15, 0.2) is 0 Å². The van der Waals surface area contributed by atoms with Crippen LogP contribution in [0.15, 0.2) is 158 Å². The molecule has 418 valence electrons. The number of allylic oxidation sites excluding steroid dienone is 25. The summed E-state index contributed by atoms with van der Waals surface area (Å²) in [6, 6.07) is -0.930. The topological polar surface area (TPSA) is 108 Å². The van der Waals surface area contributed by atoms with E-state index in [-0.39, 0.29) is 12.5 Å². The molecule has 0 aliphatic heterocycles. The first-order valence-corrected chi connectivity index (χ1v) is 30.3. The molecule has 0 rings (SSSR count). The number of amides is 1. The third-order valence-electron chi connectivity index (χ3n) is 11.7. The molecular formula is C65H107N2O6P. The third-order valence-corrected chi connectivity index (χ3v) is 12.7. The summed E-state index contributed by atoms with van der Waals surface area (Å²) in [7, 11) is 1.20. The molecule has 0 fully saturated rings. The molecule has 0 radical (unpaired) electrons. The minimum Gasteiger partial charge on any atom is -0.756 e. The Hall–Kier alpha value is -3.88. The van der Waals surface area contributed by atoms with Crippen molar-refractivity contribution >= 4 is 13.7 Å². The highest BCUT2D eigenvalue weighted by Gasteiger charge is 2.23. The number of hydrogen-bond acceptors (Lipinski definition) is 6. The van der Waals surface area contributed by atoms with Gasteiger partial charge in [0.1, 0.15) is 13.2 Å². The zero-order chi connectivity index (χ0) is 54.2. The standard InChI is InChI=1S/C65H107N2O6P/c1-6-8-10-12-14-16-18-20-22-23-24-25-26-27-28-29-30-31-32-33-34-35-36-37-38-39-40-41-42-43-45-47-49-51-53-55-57-59-65(69)66-63(62-73-74(70,71)72-61-60-67(3,4)5)64(68)58-56-54-52-50-48-46-44-21-19-17-15-13-11-9-7-2/h8,10,14,16,19-22,24-25,27-28,30-31,33-34,36-37,39-40,42-43,48,50,56,58,63-64,68H,6-7,9,11-13,15,17-18,23,26,29,32,35,38,41,44-47,49,51-55,57,59-62H2,1-5H3,(H-,66,69,70,71)/b10-8-,16-14-,21-19+,22-20-,25-24-,28-27-,31-30-,34-33-,37-36-,40-39-,43-42-,50-48+,58-56+. The van der Waals surface area contributed by atoms with Crippen molar-refractivity contribution < 1.29 is 32.9 Å². The quantitative estimate of drug-likeness (QED) is 0.0272. The second-order valence-electron chi connectivity index (χ2n) is 19.9. The summed E-state index contributed by atoms with van der Waals surface area (Å²) in [6.45, 7) is 4.45. The van der Waals surface area contributed by atoms with E-state index in [2.05, 4.69) is 165 Å². The third kappa shape index (κ3) is 55.9. The number of hydrogen-bond donors (Lipinski definition) is 2.